The van der Waals surface area contributed by atoms with Gasteiger partial charge in [0.25, 0.3) is 0 Å². The van der Waals surface area contributed by atoms with Gasteiger partial charge in [-0.3, -0.25) is 0 Å². The van der Waals surface area contributed by atoms with E-state index in [1.54, 1.807) is 18.4 Å². The third-order valence-electron chi connectivity index (χ3n) is 4.87. The van der Waals surface area contributed by atoms with Crippen molar-refractivity contribution in [1.82, 2.24) is 4.98 Å². The molecule has 3 aromatic rings. The van der Waals surface area contributed by atoms with Crippen molar-refractivity contribution < 1.29 is 14.3 Å². The molecule has 144 valence electrons. The predicted molar refractivity (Wildman–Crippen MR) is 111 cm³/mol. The standard InChI is InChI=1S/C22H22N2O3S/c1-26-18-11-9-17(10-12-18)19-15-28-22(23-19)24-13-5-8-20(24)21(25)27-14-16-6-3-2-4-7-16/h2-4,6-7,9-12,15,20H,5,8,13-14H2,1H3/t20-/m0/s1. The Bertz CT molecular complexity index is 924. The summed E-state index contributed by atoms with van der Waals surface area (Å²) in [7, 11) is 1.65. The Labute approximate surface area is 168 Å². The zero-order chi connectivity index (χ0) is 19.3. The van der Waals surface area contributed by atoms with Crippen LogP contribution in [-0.2, 0) is 16.1 Å². The van der Waals surface area contributed by atoms with Crippen LogP contribution in [0.3, 0.4) is 0 Å². The van der Waals surface area contributed by atoms with Crippen LogP contribution in [0.1, 0.15) is 18.4 Å². The van der Waals surface area contributed by atoms with Gasteiger partial charge in [-0.1, -0.05) is 30.3 Å². The zero-order valence-corrected chi connectivity index (χ0v) is 16.5. The van der Waals surface area contributed by atoms with E-state index in [1.807, 2.05) is 60.0 Å². The van der Waals surface area contributed by atoms with Crippen molar-refractivity contribution in [3.63, 3.8) is 0 Å². The number of hydrogen-bond acceptors (Lipinski definition) is 6. The van der Waals surface area contributed by atoms with Crippen molar-refractivity contribution in [2.75, 3.05) is 18.6 Å². The van der Waals surface area contributed by atoms with Crippen LogP contribution in [-0.4, -0.2) is 30.6 Å². The van der Waals surface area contributed by atoms with Crippen LogP contribution in [0.2, 0.25) is 0 Å². The maximum atomic E-state index is 12.6. The number of thiazole rings is 1. The fourth-order valence-corrected chi connectivity index (χ4v) is 4.27. The maximum Gasteiger partial charge on any atom is 0.329 e. The summed E-state index contributed by atoms with van der Waals surface area (Å²) in [5.41, 5.74) is 2.94. The number of methoxy groups -OCH3 is 1. The second-order valence-electron chi connectivity index (χ2n) is 6.69. The summed E-state index contributed by atoms with van der Waals surface area (Å²) >= 11 is 1.56. The Morgan fingerprint density at radius 3 is 2.71 bits per heavy atom. The second-order valence-corrected chi connectivity index (χ2v) is 7.53. The fourth-order valence-electron chi connectivity index (χ4n) is 3.36. The highest BCUT2D eigenvalue weighted by Gasteiger charge is 2.33. The minimum atomic E-state index is -0.265. The highest BCUT2D eigenvalue weighted by molar-refractivity contribution is 7.14. The Morgan fingerprint density at radius 2 is 1.96 bits per heavy atom. The van der Waals surface area contributed by atoms with Crippen LogP contribution in [0, 0.1) is 0 Å². The molecule has 2 heterocycles. The molecule has 0 bridgehead atoms. The van der Waals surface area contributed by atoms with Crippen LogP contribution in [0.4, 0.5) is 5.13 Å². The quantitative estimate of drug-likeness (QED) is 0.575. The molecule has 2 aromatic carbocycles. The van der Waals surface area contributed by atoms with Gasteiger partial charge in [-0.05, 0) is 42.7 Å². The van der Waals surface area contributed by atoms with E-state index >= 15 is 0 Å². The normalized spacial score (nSPS) is 16.2. The molecule has 6 heteroatoms. The third-order valence-corrected chi connectivity index (χ3v) is 5.75. The lowest BCUT2D eigenvalue weighted by Crippen LogP contribution is -2.37. The average Bonchev–Trinajstić information content (AvgIpc) is 3.42. The Morgan fingerprint density at radius 1 is 1.18 bits per heavy atom. The zero-order valence-electron chi connectivity index (χ0n) is 15.7. The van der Waals surface area contributed by atoms with Crippen molar-refractivity contribution >= 4 is 22.4 Å². The van der Waals surface area contributed by atoms with Crippen molar-refractivity contribution in [2.45, 2.75) is 25.5 Å². The number of hydrogen-bond donors (Lipinski definition) is 0. The van der Waals surface area contributed by atoms with E-state index in [1.165, 1.54) is 0 Å². The number of ether oxygens (including phenoxy) is 2. The predicted octanol–water partition coefficient (Wildman–Crippen LogP) is 4.53. The lowest BCUT2D eigenvalue weighted by Gasteiger charge is -2.22. The van der Waals surface area contributed by atoms with Crippen molar-refractivity contribution in [3.05, 3.63) is 65.5 Å². The van der Waals surface area contributed by atoms with E-state index in [2.05, 4.69) is 4.90 Å². The number of aromatic nitrogens is 1. The van der Waals surface area contributed by atoms with Crippen LogP contribution >= 0.6 is 11.3 Å². The van der Waals surface area contributed by atoms with E-state index < -0.39 is 0 Å². The summed E-state index contributed by atoms with van der Waals surface area (Å²) < 4.78 is 10.8. The van der Waals surface area contributed by atoms with Gasteiger partial charge in [0.1, 0.15) is 18.4 Å². The average molecular weight is 394 g/mol. The molecule has 0 radical (unpaired) electrons. The van der Waals surface area contributed by atoms with Crippen LogP contribution in [0.5, 0.6) is 5.75 Å². The number of nitrogens with zero attached hydrogens (tertiary/aromatic N) is 2. The van der Waals surface area contributed by atoms with Gasteiger partial charge in [0, 0.05) is 17.5 Å². The lowest BCUT2D eigenvalue weighted by molar-refractivity contribution is -0.146. The second kappa shape index (κ2) is 8.44. The van der Waals surface area contributed by atoms with Crippen molar-refractivity contribution in [3.8, 4) is 17.0 Å². The molecule has 0 spiro atoms. The lowest BCUT2D eigenvalue weighted by atomic mass is 10.2. The first-order valence-corrected chi connectivity index (χ1v) is 10.2. The first-order chi connectivity index (χ1) is 13.7. The molecule has 0 N–H and O–H groups in total. The summed E-state index contributed by atoms with van der Waals surface area (Å²) in [6.45, 7) is 1.12. The van der Waals surface area contributed by atoms with Crippen LogP contribution in [0.15, 0.2) is 60.0 Å². The number of esters is 1. The molecule has 1 fully saturated rings. The van der Waals surface area contributed by atoms with E-state index in [4.69, 9.17) is 14.5 Å². The molecule has 1 saturated heterocycles. The van der Waals surface area contributed by atoms with Gasteiger partial charge < -0.3 is 14.4 Å². The van der Waals surface area contributed by atoms with E-state index in [0.717, 1.165) is 47.1 Å². The van der Waals surface area contributed by atoms with Gasteiger partial charge in [-0.2, -0.15) is 0 Å². The smallest absolute Gasteiger partial charge is 0.329 e. The van der Waals surface area contributed by atoms with Crippen molar-refractivity contribution in [2.24, 2.45) is 0 Å². The Balaban J connectivity index is 1.44. The number of carbonyl (C=O) groups excluding carboxylic acids is 1. The van der Waals surface area contributed by atoms with Gasteiger partial charge in [-0.15, -0.1) is 11.3 Å². The third kappa shape index (κ3) is 4.02. The molecule has 1 aliphatic heterocycles. The minimum absolute atomic E-state index is 0.178. The highest BCUT2D eigenvalue weighted by atomic mass is 32.1. The van der Waals surface area contributed by atoms with E-state index in [9.17, 15) is 4.79 Å². The van der Waals surface area contributed by atoms with Gasteiger partial charge in [0.05, 0.1) is 12.8 Å². The van der Waals surface area contributed by atoms with E-state index in [0.29, 0.717) is 6.61 Å². The molecule has 4 rings (SSSR count). The SMILES string of the molecule is COc1ccc(-c2csc(N3CCC[C@H]3C(=O)OCc3ccccc3)n2)cc1. The van der Waals surface area contributed by atoms with Crippen LogP contribution < -0.4 is 9.64 Å². The molecular formula is C22H22N2O3S. The summed E-state index contributed by atoms with van der Waals surface area (Å²) in [5.74, 6) is 0.641. The topological polar surface area (TPSA) is 51.7 Å². The summed E-state index contributed by atoms with van der Waals surface area (Å²) in [4.78, 5) is 19.5. The molecule has 5 nitrogen and oxygen atoms in total. The summed E-state index contributed by atoms with van der Waals surface area (Å²) in [6, 6.07) is 17.3. The molecule has 1 aliphatic rings. The van der Waals surface area contributed by atoms with Crippen LogP contribution in [0.25, 0.3) is 11.3 Å². The number of carbonyl (C=O) groups is 1. The fraction of sp³-hybridized carbons (Fsp3) is 0.273. The summed E-state index contributed by atoms with van der Waals surface area (Å²) in [5, 5.41) is 2.90. The largest absolute Gasteiger partial charge is 0.497 e. The first kappa shape index (κ1) is 18.5. The molecule has 0 aliphatic carbocycles. The Kier molecular flexibility index (Phi) is 5.58. The number of rotatable bonds is 6. The molecular weight excluding hydrogens is 372 g/mol. The van der Waals surface area contributed by atoms with Crippen molar-refractivity contribution in [1.29, 1.82) is 0 Å². The van der Waals surface area contributed by atoms with Gasteiger partial charge in [0.2, 0.25) is 0 Å². The molecule has 1 atom stereocenters. The van der Waals surface area contributed by atoms with Gasteiger partial charge in [-0.25, -0.2) is 9.78 Å². The molecule has 0 saturated carbocycles. The molecule has 0 amide bonds. The van der Waals surface area contributed by atoms with Gasteiger partial charge >= 0.3 is 5.97 Å². The minimum Gasteiger partial charge on any atom is -0.497 e. The number of benzene rings is 2. The first-order valence-electron chi connectivity index (χ1n) is 9.32. The highest BCUT2D eigenvalue weighted by Crippen LogP contribution is 2.33. The molecule has 28 heavy (non-hydrogen) atoms. The molecule has 1 aromatic heterocycles. The van der Waals surface area contributed by atoms with Gasteiger partial charge in [0.15, 0.2) is 5.13 Å². The summed E-state index contributed by atoms with van der Waals surface area (Å²) in [6.07, 6.45) is 1.76. The monoisotopic (exact) mass is 394 g/mol. The Hall–Kier alpha value is -2.86. The maximum absolute atomic E-state index is 12.6. The molecule has 0 unspecified atom stereocenters. The van der Waals surface area contributed by atoms with E-state index in [-0.39, 0.29) is 12.0 Å². The number of anilines is 1.